The maximum atomic E-state index is 13.8. The molecule has 8 nitrogen and oxygen atoms in total. The molecule has 11 heteroatoms. The lowest BCUT2D eigenvalue weighted by molar-refractivity contribution is -0.122. The summed E-state index contributed by atoms with van der Waals surface area (Å²) in [7, 11) is -1.12. The molecule has 1 atom stereocenters. The molecular weight excluding hydrogens is 584 g/mol. The normalized spacial score (nSPS) is 15.9. The third-order valence-electron chi connectivity index (χ3n) is 6.04. The van der Waals surface area contributed by atoms with Crippen LogP contribution in [0.1, 0.15) is 12.0 Å². The van der Waals surface area contributed by atoms with Crippen molar-refractivity contribution in [3.05, 3.63) is 81.8 Å². The molecule has 37 heavy (non-hydrogen) atoms. The fraction of sp³-hybridized carbons (Fsp3) is 0.231. The van der Waals surface area contributed by atoms with Crippen LogP contribution in [0.3, 0.4) is 0 Å². The summed E-state index contributed by atoms with van der Waals surface area (Å²) in [6.45, 7) is -0.0433. The van der Waals surface area contributed by atoms with Gasteiger partial charge in [-0.25, -0.2) is 13.3 Å². The van der Waals surface area contributed by atoms with Gasteiger partial charge in [-0.2, -0.15) is 4.31 Å². The van der Waals surface area contributed by atoms with Crippen molar-refractivity contribution in [2.24, 2.45) is 0 Å². The third kappa shape index (κ3) is 5.67. The Bertz CT molecular complexity index is 1410. The Hall–Kier alpha value is -2.92. The molecule has 1 unspecified atom stereocenters. The number of methoxy groups -OCH3 is 2. The number of ether oxygens (including phenoxy) is 2. The first-order chi connectivity index (χ1) is 17.6. The number of hydrogen-bond donors (Lipinski definition) is 0. The van der Waals surface area contributed by atoms with Crippen LogP contribution in [0.15, 0.2) is 76.1 Å². The minimum atomic E-state index is -4.16. The van der Waals surface area contributed by atoms with Crippen LogP contribution in [0.5, 0.6) is 11.5 Å². The van der Waals surface area contributed by atoms with Crippen molar-refractivity contribution < 1.29 is 27.5 Å². The molecule has 1 heterocycles. The SMILES string of the molecule is COc1ccc(CCN(C2CC(=O)N(c3ccc(Br)cc3)C2=O)S(=O)(=O)c2ccc(Cl)cc2)cc1OC. The Kier molecular flexibility index (Phi) is 8.23. The van der Waals surface area contributed by atoms with Gasteiger partial charge in [0, 0.05) is 16.0 Å². The van der Waals surface area contributed by atoms with Gasteiger partial charge in [-0.3, -0.25) is 9.59 Å². The van der Waals surface area contributed by atoms with Gasteiger partial charge in [0.05, 0.1) is 31.2 Å². The monoisotopic (exact) mass is 606 g/mol. The average Bonchev–Trinajstić information content (AvgIpc) is 3.17. The highest BCUT2D eigenvalue weighted by molar-refractivity contribution is 9.10. The number of carbonyl (C=O) groups excluding carboxylic acids is 2. The highest BCUT2D eigenvalue weighted by atomic mass is 79.9. The van der Waals surface area contributed by atoms with E-state index in [1.165, 1.54) is 38.5 Å². The highest BCUT2D eigenvalue weighted by Gasteiger charge is 2.46. The van der Waals surface area contributed by atoms with Crippen LogP contribution >= 0.6 is 27.5 Å². The number of benzene rings is 3. The van der Waals surface area contributed by atoms with Gasteiger partial charge < -0.3 is 9.47 Å². The van der Waals surface area contributed by atoms with E-state index in [0.29, 0.717) is 22.2 Å². The number of carbonyl (C=O) groups is 2. The van der Waals surface area contributed by atoms with Crippen molar-refractivity contribution in [1.82, 2.24) is 4.31 Å². The molecule has 1 aliphatic heterocycles. The summed E-state index contributed by atoms with van der Waals surface area (Å²) in [5, 5.41) is 0.379. The van der Waals surface area contributed by atoms with E-state index < -0.39 is 27.9 Å². The molecular formula is C26H24BrClN2O6S. The van der Waals surface area contributed by atoms with E-state index in [9.17, 15) is 18.0 Å². The molecule has 0 aromatic heterocycles. The maximum absolute atomic E-state index is 13.8. The van der Waals surface area contributed by atoms with Crippen molar-refractivity contribution in [3.63, 3.8) is 0 Å². The summed E-state index contributed by atoms with van der Waals surface area (Å²) < 4.78 is 40.0. The summed E-state index contributed by atoms with van der Waals surface area (Å²) in [5.74, 6) is -0.0313. The van der Waals surface area contributed by atoms with Gasteiger partial charge in [0.1, 0.15) is 6.04 Å². The zero-order valence-corrected chi connectivity index (χ0v) is 23.2. The highest BCUT2D eigenvalue weighted by Crippen LogP contribution is 2.32. The number of anilines is 1. The summed E-state index contributed by atoms with van der Waals surface area (Å²) in [6, 6.07) is 16.5. The zero-order chi connectivity index (χ0) is 26.7. The van der Waals surface area contributed by atoms with Crippen LogP contribution in [-0.4, -0.2) is 51.3 Å². The van der Waals surface area contributed by atoms with Crippen molar-refractivity contribution in [2.75, 3.05) is 25.7 Å². The summed E-state index contributed by atoms with van der Waals surface area (Å²) in [4.78, 5) is 27.5. The van der Waals surface area contributed by atoms with Crippen LogP contribution in [-0.2, 0) is 26.0 Å². The van der Waals surface area contributed by atoms with Gasteiger partial charge >= 0.3 is 0 Å². The first-order valence-corrected chi connectivity index (χ1v) is 13.9. The molecule has 1 saturated heterocycles. The fourth-order valence-electron chi connectivity index (χ4n) is 4.16. The summed E-state index contributed by atoms with van der Waals surface area (Å²) in [6.07, 6.45) is -0.00290. The van der Waals surface area contributed by atoms with Gasteiger partial charge in [-0.05, 0) is 72.6 Å². The molecule has 3 aromatic rings. The van der Waals surface area contributed by atoms with Crippen molar-refractivity contribution in [3.8, 4) is 11.5 Å². The Morgan fingerprint density at radius 1 is 0.973 bits per heavy atom. The molecule has 0 bridgehead atoms. The van der Waals surface area contributed by atoms with Gasteiger partial charge in [-0.15, -0.1) is 0 Å². The van der Waals surface area contributed by atoms with E-state index in [0.717, 1.165) is 19.2 Å². The number of nitrogens with zero attached hydrogens (tertiary/aromatic N) is 2. The minimum absolute atomic E-state index is 0.0217. The third-order valence-corrected chi connectivity index (χ3v) is 8.75. The Morgan fingerprint density at radius 3 is 2.24 bits per heavy atom. The number of sulfonamides is 1. The van der Waals surface area contributed by atoms with Gasteiger partial charge in [-0.1, -0.05) is 33.6 Å². The zero-order valence-electron chi connectivity index (χ0n) is 20.1. The lowest BCUT2D eigenvalue weighted by Crippen LogP contribution is -2.46. The molecule has 1 fully saturated rings. The average molecular weight is 608 g/mol. The molecule has 3 aromatic carbocycles. The van der Waals surface area contributed by atoms with Gasteiger partial charge in [0.25, 0.3) is 5.91 Å². The van der Waals surface area contributed by atoms with Gasteiger partial charge in [0.15, 0.2) is 11.5 Å². The fourth-order valence-corrected chi connectivity index (χ4v) is 6.14. The van der Waals surface area contributed by atoms with E-state index in [-0.39, 0.29) is 24.3 Å². The predicted octanol–water partition coefficient (Wildman–Crippen LogP) is 4.69. The number of amides is 2. The van der Waals surface area contributed by atoms with Crippen LogP contribution in [0.2, 0.25) is 5.02 Å². The molecule has 194 valence electrons. The molecule has 0 aliphatic carbocycles. The molecule has 0 radical (unpaired) electrons. The molecule has 4 rings (SSSR count). The molecule has 0 spiro atoms. The van der Waals surface area contributed by atoms with Crippen LogP contribution in [0, 0.1) is 0 Å². The van der Waals surface area contributed by atoms with Crippen LogP contribution in [0.25, 0.3) is 0 Å². The first kappa shape index (κ1) is 27.1. The van der Waals surface area contributed by atoms with E-state index in [4.69, 9.17) is 21.1 Å². The maximum Gasteiger partial charge on any atom is 0.252 e. The van der Waals surface area contributed by atoms with Crippen LogP contribution in [0.4, 0.5) is 5.69 Å². The smallest absolute Gasteiger partial charge is 0.252 e. The first-order valence-electron chi connectivity index (χ1n) is 11.3. The quantitative estimate of drug-likeness (QED) is 0.328. The second kappa shape index (κ2) is 11.2. The Labute approximate surface area is 228 Å². The Balaban J connectivity index is 1.69. The number of hydrogen-bond acceptors (Lipinski definition) is 6. The number of halogens is 2. The second-order valence-corrected chi connectivity index (χ2v) is 11.5. The topological polar surface area (TPSA) is 93.2 Å². The van der Waals surface area contributed by atoms with E-state index >= 15 is 0 Å². The molecule has 1 aliphatic rings. The Morgan fingerprint density at radius 2 is 1.62 bits per heavy atom. The molecule has 0 saturated carbocycles. The standard InChI is InChI=1S/C26H24BrClN2O6S/c1-35-23-12-3-17(15-24(23)36-2)13-14-29(37(33,34)21-10-6-19(28)7-11-21)22-16-25(31)30(26(22)32)20-8-4-18(27)5-9-20/h3-12,15,22H,13-14,16H2,1-2H3. The van der Waals surface area contributed by atoms with Crippen LogP contribution < -0.4 is 14.4 Å². The summed E-state index contributed by atoms with van der Waals surface area (Å²) >= 11 is 9.30. The predicted molar refractivity (Wildman–Crippen MR) is 144 cm³/mol. The minimum Gasteiger partial charge on any atom is -0.493 e. The lowest BCUT2D eigenvalue weighted by atomic mass is 10.1. The molecule has 2 amide bonds. The van der Waals surface area contributed by atoms with Crippen molar-refractivity contribution in [1.29, 1.82) is 0 Å². The van der Waals surface area contributed by atoms with E-state index in [2.05, 4.69) is 15.9 Å². The van der Waals surface area contributed by atoms with Gasteiger partial charge in [0.2, 0.25) is 15.9 Å². The van der Waals surface area contributed by atoms with E-state index in [1.807, 2.05) is 0 Å². The number of rotatable bonds is 9. The summed E-state index contributed by atoms with van der Waals surface area (Å²) in [5.41, 5.74) is 1.15. The molecule has 0 N–H and O–H groups in total. The van der Waals surface area contributed by atoms with Crippen molar-refractivity contribution in [2.45, 2.75) is 23.8 Å². The lowest BCUT2D eigenvalue weighted by Gasteiger charge is -2.27. The second-order valence-electron chi connectivity index (χ2n) is 8.27. The number of imide groups is 1. The van der Waals surface area contributed by atoms with Crippen molar-refractivity contribution >= 4 is 55.1 Å². The largest absolute Gasteiger partial charge is 0.493 e. The van der Waals surface area contributed by atoms with E-state index in [1.54, 1.807) is 42.5 Å².